The van der Waals surface area contributed by atoms with Gasteiger partial charge in [0.15, 0.2) is 5.16 Å². The Bertz CT molecular complexity index is 967. The average Bonchev–Trinajstić information content (AvgIpc) is 3.08. The molecular formula is C22H22ClN3OS. The van der Waals surface area contributed by atoms with Gasteiger partial charge in [0.05, 0.1) is 11.4 Å². The smallest absolute Gasteiger partial charge is 0.169 e. The van der Waals surface area contributed by atoms with Crippen molar-refractivity contribution in [3.05, 3.63) is 82.1 Å². The lowest BCUT2D eigenvalue weighted by molar-refractivity contribution is 0.319. The summed E-state index contributed by atoms with van der Waals surface area (Å²) >= 11 is 7.59. The number of aromatic nitrogens is 2. The number of oxime groups is 1. The molecule has 0 bridgehead atoms. The largest absolute Gasteiger partial charge is 0.411 e. The number of nitrogens with zero attached hydrogens (tertiary/aromatic N) is 3. The van der Waals surface area contributed by atoms with Gasteiger partial charge in [-0.15, -0.1) is 0 Å². The number of thioether (sulfide) groups is 1. The monoisotopic (exact) mass is 411 g/mol. The zero-order chi connectivity index (χ0) is 19.3. The Balaban J connectivity index is 1.58. The van der Waals surface area contributed by atoms with Gasteiger partial charge >= 0.3 is 0 Å². The highest BCUT2D eigenvalue weighted by Crippen LogP contribution is 2.29. The van der Waals surface area contributed by atoms with Gasteiger partial charge in [0, 0.05) is 28.6 Å². The number of benzene rings is 2. The maximum Gasteiger partial charge on any atom is 0.169 e. The molecule has 1 aromatic heterocycles. The molecule has 1 heterocycles. The molecule has 0 radical (unpaired) electrons. The maximum atomic E-state index is 9.51. The summed E-state index contributed by atoms with van der Waals surface area (Å²) in [6.07, 6.45) is 4.54. The molecule has 1 aliphatic rings. The molecule has 0 saturated heterocycles. The van der Waals surface area contributed by atoms with Crippen LogP contribution < -0.4 is 0 Å². The van der Waals surface area contributed by atoms with E-state index >= 15 is 0 Å². The molecule has 0 aliphatic heterocycles. The summed E-state index contributed by atoms with van der Waals surface area (Å²) in [5.74, 6) is 0.544. The Morgan fingerprint density at radius 2 is 1.82 bits per heavy atom. The van der Waals surface area contributed by atoms with Gasteiger partial charge < -0.3 is 9.77 Å². The second kappa shape index (κ2) is 8.84. The Labute approximate surface area is 174 Å². The minimum atomic E-state index is 0.544. The first kappa shape index (κ1) is 19.1. The van der Waals surface area contributed by atoms with Gasteiger partial charge in [-0.05, 0) is 43.4 Å². The molecular weight excluding hydrogens is 390 g/mol. The van der Waals surface area contributed by atoms with Gasteiger partial charge in [-0.25, -0.2) is 4.98 Å². The number of imidazole rings is 1. The van der Waals surface area contributed by atoms with Crippen molar-refractivity contribution in [2.75, 3.05) is 5.75 Å². The topological polar surface area (TPSA) is 50.4 Å². The van der Waals surface area contributed by atoms with Gasteiger partial charge in [-0.2, -0.15) is 0 Å². The highest BCUT2D eigenvalue weighted by molar-refractivity contribution is 7.99. The Morgan fingerprint density at radius 3 is 2.57 bits per heavy atom. The molecule has 6 heteroatoms. The van der Waals surface area contributed by atoms with Crippen LogP contribution in [0.15, 0.2) is 64.9 Å². The molecule has 0 atom stereocenters. The van der Waals surface area contributed by atoms with Crippen LogP contribution in [0.5, 0.6) is 0 Å². The molecule has 144 valence electrons. The standard InChI is InChI=1S/C22H22ClN3OS/c23-18-12-10-17(11-13-18)20(25-27)15-28-22-24-19-8-4-5-9-21(19)26(22)14-16-6-2-1-3-7-16/h1-3,6-7,10-13,27H,4-5,8-9,14-15H2/b25-20+. The van der Waals surface area contributed by atoms with E-state index in [0.717, 1.165) is 30.1 Å². The normalized spacial score (nSPS) is 14.1. The van der Waals surface area contributed by atoms with E-state index in [9.17, 15) is 5.21 Å². The molecule has 0 amide bonds. The molecule has 0 spiro atoms. The lowest BCUT2D eigenvalue weighted by Crippen LogP contribution is -2.11. The minimum Gasteiger partial charge on any atom is -0.411 e. The summed E-state index contributed by atoms with van der Waals surface area (Å²) in [5.41, 5.74) is 5.33. The van der Waals surface area contributed by atoms with Crippen LogP contribution in [0, 0.1) is 0 Å². The minimum absolute atomic E-state index is 0.544. The first-order valence-electron chi connectivity index (χ1n) is 9.46. The number of fused-ring (bicyclic) bond motifs is 1. The van der Waals surface area contributed by atoms with Crippen molar-refractivity contribution < 1.29 is 5.21 Å². The number of aryl methyl sites for hydroxylation is 1. The van der Waals surface area contributed by atoms with Crippen molar-refractivity contribution in [2.45, 2.75) is 37.4 Å². The van der Waals surface area contributed by atoms with Crippen LogP contribution >= 0.6 is 23.4 Å². The quantitative estimate of drug-likeness (QED) is 0.254. The van der Waals surface area contributed by atoms with Crippen LogP contribution in [0.3, 0.4) is 0 Å². The Hall–Kier alpha value is -2.24. The van der Waals surface area contributed by atoms with Crippen LogP contribution in [0.4, 0.5) is 0 Å². The SMILES string of the molecule is O/N=C(\CSc1nc2c(n1Cc1ccccc1)CCCC2)c1ccc(Cl)cc1. The van der Waals surface area contributed by atoms with Crippen LogP contribution in [-0.4, -0.2) is 26.2 Å². The van der Waals surface area contributed by atoms with E-state index in [2.05, 4.69) is 34.0 Å². The van der Waals surface area contributed by atoms with Gasteiger partial charge in [0.25, 0.3) is 0 Å². The van der Waals surface area contributed by atoms with E-state index in [1.807, 2.05) is 30.3 Å². The summed E-state index contributed by atoms with van der Waals surface area (Å²) in [6, 6.07) is 17.8. The Morgan fingerprint density at radius 1 is 1.07 bits per heavy atom. The van der Waals surface area contributed by atoms with E-state index in [0.29, 0.717) is 16.5 Å². The molecule has 4 rings (SSSR count). The zero-order valence-electron chi connectivity index (χ0n) is 15.5. The van der Waals surface area contributed by atoms with Crippen molar-refractivity contribution in [1.29, 1.82) is 0 Å². The van der Waals surface area contributed by atoms with Gasteiger partial charge in [0.1, 0.15) is 0 Å². The highest BCUT2D eigenvalue weighted by atomic mass is 35.5. The first-order valence-corrected chi connectivity index (χ1v) is 10.8. The molecule has 2 aromatic carbocycles. The van der Waals surface area contributed by atoms with Crippen LogP contribution in [-0.2, 0) is 19.4 Å². The average molecular weight is 412 g/mol. The summed E-state index contributed by atoms with van der Waals surface area (Å²) in [6.45, 7) is 0.818. The first-order chi connectivity index (χ1) is 13.7. The van der Waals surface area contributed by atoms with Crippen molar-refractivity contribution in [1.82, 2.24) is 9.55 Å². The van der Waals surface area contributed by atoms with E-state index in [4.69, 9.17) is 16.6 Å². The zero-order valence-corrected chi connectivity index (χ0v) is 17.1. The summed E-state index contributed by atoms with van der Waals surface area (Å²) in [4.78, 5) is 4.93. The van der Waals surface area contributed by atoms with Crippen molar-refractivity contribution in [3.63, 3.8) is 0 Å². The molecule has 1 N–H and O–H groups in total. The van der Waals surface area contributed by atoms with Gasteiger partial charge in [0.2, 0.25) is 0 Å². The van der Waals surface area contributed by atoms with Gasteiger partial charge in [-0.1, -0.05) is 71.0 Å². The molecule has 28 heavy (non-hydrogen) atoms. The molecule has 3 aromatic rings. The van der Waals surface area contributed by atoms with E-state index < -0.39 is 0 Å². The van der Waals surface area contributed by atoms with Crippen LogP contribution in [0.2, 0.25) is 5.02 Å². The fraction of sp³-hybridized carbons (Fsp3) is 0.273. The lowest BCUT2D eigenvalue weighted by atomic mass is 10.0. The predicted molar refractivity (Wildman–Crippen MR) is 115 cm³/mol. The fourth-order valence-electron chi connectivity index (χ4n) is 3.56. The highest BCUT2D eigenvalue weighted by Gasteiger charge is 2.21. The number of hydrogen-bond donors (Lipinski definition) is 1. The molecule has 4 nitrogen and oxygen atoms in total. The fourth-order valence-corrected chi connectivity index (χ4v) is 4.68. The molecule has 0 fully saturated rings. The van der Waals surface area contributed by atoms with Crippen LogP contribution in [0.1, 0.15) is 35.4 Å². The second-order valence-corrected chi connectivity index (χ2v) is 8.29. The Kier molecular flexibility index (Phi) is 6.03. The number of rotatable bonds is 6. The summed E-state index contributed by atoms with van der Waals surface area (Å²) < 4.78 is 2.34. The van der Waals surface area contributed by atoms with E-state index in [1.165, 1.54) is 29.8 Å². The lowest BCUT2D eigenvalue weighted by Gasteiger charge is -2.15. The van der Waals surface area contributed by atoms with Crippen molar-refractivity contribution >= 4 is 29.1 Å². The second-order valence-electron chi connectivity index (χ2n) is 6.91. The number of hydrogen-bond acceptors (Lipinski definition) is 4. The summed E-state index contributed by atoms with van der Waals surface area (Å²) in [7, 11) is 0. The molecule has 1 aliphatic carbocycles. The van der Waals surface area contributed by atoms with E-state index in [1.54, 1.807) is 11.8 Å². The molecule has 0 unspecified atom stereocenters. The number of halogens is 1. The third-order valence-corrected chi connectivity index (χ3v) is 6.26. The predicted octanol–water partition coefficient (Wildman–Crippen LogP) is 5.43. The summed E-state index contributed by atoms with van der Waals surface area (Å²) in [5, 5.41) is 14.7. The third-order valence-electron chi connectivity index (χ3n) is 5.02. The molecule has 0 saturated carbocycles. The van der Waals surface area contributed by atoms with Crippen molar-refractivity contribution in [3.8, 4) is 0 Å². The van der Waals surface area contributed by atoms with Crippen LogP contribution in [0.25, 0.3) is 0 Å². The third kappa shape index (κ3) is 4.26. The van der Waals surface area contributed by atoms with Gasteiger partial charge in [-0.3, -0.25) is 0 Å². The van der Waals surface area contributed by atoms with E-state index in [-0.39, 0.29) is 0 Å². The van der Waals surface area contributed by atoms with Crippen molar-refractivity contribution in [2.24, 2.45) is 5.16 Å². The maximum absolute atomic E-state index is 9.51.